The number of anilines is 1. The van der Waals surface area contributed by atoms with E-state index in [1.54, 1.807) is 18.5 Å². The third-order valence-corrected chi connectivity index (χ3v) is 3.00. The van der Waals surface area contributed by atoms with Gasteiger partial charge in [-0.1, -0.05) is 29.8 Å². The van der Waals surface area contributed by atoms with Gasteiger partial charge in [0.2, 0.25) is 5.91 Å². The average molecular weight is 255 g/mol. The zero-order valence-corrected chi connectivity index (χ0v) is 11.1. The van der Waals surface area contributed by atoms with Crippen LogP contribution in [0.15, 0.2) is 42.7 Å². The summed E-state index contributed by atoms with van der Waals surface area (Å²) in [6.07, 6.45) is 3.34. The van der Waals surface area contributed by atoms with Crippen molar-refractivity contribution >= 4 is 11.6 Å². The van der Waals surface area contributed by atoms with Gasteiger partial charge in [-0.3, -0.25) is 9.78 Å². The van der Waals surface area contributed by atoms with E-state index in [1.807, 2.05) is 38.1 Å². The predicted molar refractivity (Wildman–Crippen MR) is 75.7 cm³/mol. The van der Waals surface area contributed by atoms with Crippen molar-refractivity contribution < 1.29 is 4.79 Å². The molecular formula is C15H17N3O. The third-order valence-electron chi connectivity index (χ3n) is 3.00. The van der Waals surface area contributed by atoms with Crippen LogP contribution in [0, 0.1) is 13.8 Å². The molecule has 1 aromatic carbocycles. The molecule has 0 aliphatic rings. The van der Waals surface area contributed by atoms with Gasteiger partial charge in [0, 0.05) is 18.1 Å². The Hall–Kier alpha value is -2.20. The van der Waals surface area contributed by atoms with Crippen molar-refractivity contribution in [2.75, 3.05) is 5.32 Å². The minimum atomic E-state index is -0.673. The lowest BCUT2D eigenvalue weighted by Gasteiger charge is -2.14. The van der Waals surface area contributed by atoms with Gasteiger partial charge in [0.15, 0.2) is 0 Å². The number of rotatable bonds is 3. The van der Waals surface area contributed by atoms with E-state index in [1.165, 1.54) is 0 Å². The van der Waals surface area contributed by atoms with Gasteiger partial charge in [-0.25, -0.2) is 0 Å². The van der Waals surface area contributed by atoms with Gasteiger partial charge in [-0.05, 0) is 31.0 Å². The second kappa shape index (κ2) is 5.63. The van der Waals surface area contributed by atoms with Crippen LogP contribution in [-0.4, -0.2) is 10.9 Å². The molecule has 2 rings (SSSR count). The Bertz CT molecular complexity index is 578. The maximum atomic E-state index is 12.1. The number of nitrogens with zero attached hydrogens (tertiary/aromatic N) is 1. The fraction of sp³-hybridized carbons (Fsp3) is 0.200. The number of nitrogens with two attached hydrogens (primary N) is 1. The molecule has 98 valence electrons. The molecule has 0 saturated heterocycles. The van der Waals surface area contributed by atoms with Gasteiger partial charge in [0.25, 0.3) is 0 Å². The van der Waals surface area contributed by atoms with E-state index in [2.05, 4.69) is 10.3 Å². The van der Waals surface area contributed by atoms with Crippen LogP contribution in [0.25, 0.3) is 0 Å². The second-order valence-corrected chi connectivity index (χ2v) is 4.57. The number of aryl methyl sites for hydroxylation is 2. The number of nitrogens with one attached hydrogen (secondary N) is 1. The van der Waals surface area contributed by atoms with Crippen LogP contribution in [0.1, 0.15) is 22.7 Å². The Morgan fingerprint density at radius 1 is 1.21 bits per heavy atom. The van der Waals surface area contributed by atoms with Crippen molar-refractivity contribution in [2.24, 2.45) is 5.73 Å². The van der Waals surface area contributed by atoms with Crippen molar-refractivity contribution in [1.82, 2.24) is 4.98 Å². The normalized spacial score (nSPS) is 11.9. The highest BCUT2D eigenvalue weighted by Crippen LogP contribution is 2.16. The van der Waals surface area contributed by atoms with E-state index in [-0.39, 0.29) is 5.91 Å². The molecule has 1 unspecified atom stereocenters. The van der Waals surface area contributed by atoms with E-state index in [0.717, 1.165) is 22.4 Å². The number of benzene rings is 1. The predicted octanol–water partition coefficient (Wildman–Crippen LogP) is 2.34. The summed E-state index contributed by atoms with van der Waals surface area (Å²) in [6, 6.07) is 8.72. The lowest BCUT2D eigenvalue weighted by molar-refractivity contribution is -0.117. The van der Waals surface area contributed by atoms with Gasteiger partial charge in [0.1, 0.15) is 6.04 Å². The quantitative estimate of drug-likeness (QED) is 0.884. The Kier molecular flexibility index (Phi) is 3.92. The monoisotopic (exact) mass is 255 g/mol. The van der Waals surface area contributed by atoms with Gasteiger partial charge >= 0.3 is 0 Å². The molecule has 0 aliphatic heterocycles. The van der Waals surface area contributed by atoms with Crippen LogP contribution in [-0.2, 0) is 4.79 Å². The summed E-state index contributed by atoms with van der Waals surface area (Å²) in [5, 5.41) is 2.82. The molecule has 3 N–H and O–H groups in total. The molecule has 1 heterocycles. The number of hydrogen-bond acceptors (Lipinski definition) is 3. The summed E-state index contributed by atoms with van der Waals surface area (Å²) < 4.78 is 0. The first-order valence-electron chi connectivity index (χ1n) is 6.11. The molecule has 0 spiro atoms. The lowest BCUT2D eigenvalue weighted by Crippen LogP contribution is -2.28. The Morgan fingerprint density at radius 3 is 2.53 bits per heavy atom. The van der Waals surface area contributed by atoms with Crippen LogP contribution < -0.4 is 11.1 Å². The summed E-state index contributed by atoms with van der Waals surface area (Å²) in [5.41, 5.74) is 9.55. The molecule has 4 heteroatoms. The molecule has 1 amide bonds. The minimum absolute atomic E-state index is 0.224. The van der Waals surface area contributed by atoms with E-state index in [9.17, 15) is 4.79 Å². The zero-order chi connectivity index (χ0) is 13.8. The molecule has 0 radical (unpaired) electrons. The van der Waals surface area contributed by atoms with E-state index < -0.39 is 6.04 Å². The molecule has 0 fully saturated rings. The number of amides is 1. The van der Waals surface area contributed by atoms with E-state index in [4.69, 9.17) is 5.73 Å². The van der Waals surface area contributed by atoms with Crippen LogP contribution in [0.4, 0.5) is 5.69 Å². The molecule has 1 aromatic heterocycles. The van der Waals surface area contributed by atoms with Crippen molar-refractivity contribution in [3.63, 3.8) is 0 Å². The Labute approximate surface area is 112 Å². The maximum absolute atomic E-state index is 12.1. The number of hydrogen-bond donors (Lipinski definition) is 2. The number of carbonyl (C=O) groups is 1. The third kappa shape index (κ3) is 3.17. The largest absolute Gasteiger partial charge is 0.324 e. The summed E-state index contributed by atoms with van der Waals surface area (Å²) in [7, 11) is 0. The van der Waals surface area contributed by atoms with E-state index >= 15 is 0 Å². The standard InChI is InChI=1S/C15H17N3O/c1-10-3-5-12(6-4-10)14(16)15(19)18-13-7-8-17-9-11(13)2/h3-9,14H,16H2,1-2H3,(H,17,18,19). The summed E-state index contributed by atoms with van der Waals surface area (Å²) in [6.45, 7) is 3.88. The number of pyridine rings is 1. The van der Waals surface area contributed by atoms with Gasteiger partial charge in [-0.15, -0.1) is 0 Å². The van der Waals surface area contributed by atoms with Crippen molar-refractivity contribution in [3.8, 4) is 0 Å². The summed E-state index contributed by atoms with van der Waals surface area (Å²) >= 11 is 0. The zero-order valence-electron chi connectivity index (χ0n) is 11.1. The first kappa shape index (κ1) is 13.2. The highest BCUT2D eigenvalue weighted by molar-refractivity contribution is 5.95. The minimum Gasteiger partial charge on any atom is -0.324 e. The SMILES string of the molecule is Cc1ccc(C(N)C(=O)Nc2ccncc2C)cc1. The van der Waals surface area contributed by atoms with Gasteiger partial charge < -0.3 is 11.1 Å². The topological polar surface area (TPSA) is 68.0 Å². The molecule has 0 aliphatic carbocycles. The number of aromatic nitrogens is 1. The molecule has 0 saturated carbocycles. The maximum Gasteiger partial charge on any atom is 0.245 e. The number of carbonyl (C=O) groups excluding carboxylic acids is 1. The van der Waals surface area contributed by atoms with Crippen molar-refractivity contribution in [2.45, 2.75) is 19.9 Å². The second-order valence-electron chi connectivity index (χ2n) is 4.57. The smallest absolute Gasteiger partial charge is 0.245 e. The molecule has 1 atom stereocenters. The Balaban J connectivity index is 2.12. The van der Waals surface area contributed by atoms with Crippen LogP contribution in [0.2, 0.25) is 0 Å². The van der Waals surface area contributed by atoms with E-state index in [0.29, 0.717) is 0 Å². The molecular weight excluding hydrogens is 238 g/mol. The average Bonchev–Trinajstić information content (AvgIpc) is 2.41. The summed E-state index contributed by atoms with van der Waals surface area (Å²) in [4.78, 5) is 16.1. The van der Waals surface area contributed by atoms with Crippen molar-refractivity contribution in [1.29, 1.82) is 0 Å². The molecule has 0 bridgehead atoms. The highest BCUT2D eigenvalue weighted by Gasteiger charge is 2.16. The lowest BCUT2D eigenvalue weighted by atomic mass is 10.1. The Morgan fingerprint density at radius 2 is 1.89 bits per heavy atom. The highest BCUT2D eigenvalue weighted by atomic mass is 16.2. The fourth-order valence-corrected chi connectivity index (χ4v) is 1.75. The van der Waals surface area contributed by atoms with Crippen LogP contribution in [0.5, 0.6) is 0 Å². The van der Waals surface area contributed by atoms with Crippen molar-refractivity contribution in [3.05, 3.63) is 59.4 Å². The van der Waals surface area contributed by atoms with Gasteiger partial charge in [-0.2, -0.15) is 0 Å². The molecule has 2 aromatic rings. The molecule has 19 heavy (non-hydrogen) atoms. The molecule has 4 nitrogen and oxygen atoms in total. The first-order valence-corrected chi connectivity index (χ1v) is 6.11. The first-order chi connectivity index (χ1) is 9.08. The summed E-state index contributed by atoms with van der Waals surface area (Å²) in [5.74, 6) is -0.224. The van der Waals surface area contributed by atoms with Gasteiger partial charge in [0.05, 0.1) is 0 Å². The van der Waals surface area contributed by atoms with Crippen LogP contribution >= 0.6 is 0 Å². The fourth-order valence-electron chi connectivity index (χ4n) is 1.75. The van der Waals surface area contributed by atoms with Crippen LogP contribution in [0.3, 0.4) is 0 Å².